The molecule has 27 heavy (non-hydrogen) atoms. The summed E-state index contributed by atoms with van der Waals surface area (Å²) in [5.74, 6) is -1.46. The lowest BCUT2D eigenvalue weighted by atomic mass is 10.1. The number of pyridine rings is 1. The van der Waals surface area contributed by atoms with E-state index in [0.29, 0.717) is 18.9 Å². The number of likely N-dealkylation sites (tertiary alicyclic amines) is 1. The summed E-state index contributed by atoms with van der Waals surface area (Å²) in [6.07, 6.45) is 4.80. The monoisotopic (exact) mass is 370 g/mol. The second kappa shape index (κ2) is 7.18. The zero-order valence-corrected chi connectivity index (χ0v) is 14.3. The van der Waals surface area contributed by atoms with Gasteiger partial charge in [-0.2, -0.15) is 4.80 Å². The van der Waals surface area contributed by atoms with Crippen LogP contribution in [0.2, 0.25) is 0 Å². The van der Waals surface area contributed by atoms with Gasteiger partial charge in [0.2, 0.25) is 5.82 Å². The first-order valence-electron chi connectivity index (χ1n) is 8.56. The summed E-state index contributed by atoms with van der Waals surface area (Å²) < 4.78 is 27.4. The first-order chi connectivity index (χ1) is 13.1. The molecule has 0 unspecified atom stereocenters. The van der Waals surface area contributed by atoms with Crippen molar-refractivity contribution >= 4 is 5.91 Å². The van der Waals surface area contributed by atoms with E-state index in [0.717, 1.165) is 36.6 Å². The van der Waals surface area contributed by atoms with Crippen molar-refractivity contribution in [1.29, 1.82) is 0 Å². The summed E-state index contributed by atoms with van der Waals surface area (Å²) in [7, 11) is 0. The molecule has 1 aliphatic rings. The SMILES string of the molecule is O=C(c1cc(F)ccc1F)N1CCC[C@@H]1Cn1nnc(-c2cccnc2)n1. The minimum absolute atomic E-state index is 0.212. The van der Waals surface area contributed by atoms with Crippen LogP contribution >= 0.6 is 0 Å². The van der Waals surface area contributed by atoms with Crippen molar-refractivity contribution in [1.82, 2.24) is 30.1 Å². The predicted molar refractivity (Wildman–Crippen MR) is 91.5 cm³/mol. The third kappa shape index (κ3) is 3.53. The van der Waals surface area contributed by atoms with Gasteiger partial charge in [-0.05, 0) is 48.4 Å². The summed E-state index contributed by atoms with van der Waals surface area (Å²) in [6.45, 7) is 0.805. The fourth-order valence-electron chi connectivity index (χ4n) is 3.23. The first-order valence-corrected chi connectivity index (χ1v) is 8.56. The molecule has 1 amide bonds. The summed E-state index contributed by atoms with van der Waals surface area (Å²) >= 11 is 0. The first kappa shape index (κ1) is 17.2. The van der Waals surface area contributed by atoms with E-state index in [9.17, 15) is 13.6 Å². The Morgan fingerprint density at radius 2 is 2.15 bits per heavy atom. The van der Waals surface area contributed by atoms with Crippen LogP contribution in [0, 0.1) is 11.6 Å². The van der Waals surface area contributed by atoms with Crippen molar-refractivity contribution < 1.29 is 13.6 Å². The number of hydrogen-bond donors (Lipinski definition) is 0. The Hall–Kier alpha value is -3.23. The van der Waals surface area contributed by atoms with Gasteiger partial charge < -0.3 is 4.90 Å². The molecule has 1 fully saturated rings. The Kier molecular flexibility index (Phi) is 4.57. The number of tetrazole rings is 1. The zero-order valence-electron chi connectivity index (χ0n) is 14.3. The highest BCUT2D eigenvalue weighted by molar-refractivity contribution is 5.94. The van der Waals surface area contributed by atoms with Gasteiger partial charge in [-0.1, -0.05) is 0 Å². The van der Waals surface area contributed by atoms with E-state index in [1.165, 1.54) is 4.80 Å². The maximum Gasteiger partial charge on any atom is 0.257 e. The Labute approximate surface area is 153 Å². The number of carbonyl (C=O) groups excluding carboxylic acids is 1. The van der Waals surface area contributed by atoms with Gasteiger partial charge in [-0.3, -0.25) is 9.78 Å². The Morgan fingerprint density at radius 1 is 1.26 bits per heavy atom. The van der Waals surface area contributed by atoms with Gasteiger partial charge in [0, 0.05) is 24.5 Å². The lowest BCUT2D eigenvalue weighted by Crippen LogP contribution is -2.39. The molecule has 1 saturated heterocycles. The van der Waals surface area contributed by atoms with Crippen molar-refractivity contribution in [3.63, 3.8) is 0 Å². The smallest absolute Gasteiger partial charge is 0.257 e. The molecule has 1 aliphatic heterocycles. The van der Waals surface area contributed by atoms with Gasteiger partial charge in [0.05, 0.1) is 18.2 Å². The molecule has 0 bridgehead atoms. The molecule has 9 heteroatoms. The molecule has 4 rings (SSSR count). The molecule has 138 valence electrons. The fraction of sp³-hybridized carbons (Fsp3) is 0.278. The van der Waals surface area contributed by atoms with E-state index in [4.69, 9.17) is 0 Å². The number of hydrogen-bond acceptors (Lipinski definition) is 5. The van der Waals surface area contributed by atoms with Crippen LogP contribution in [-0.2, 0) is 6.54 Å². The second-order valence-corrected chi connectivity index (χ2v) is 6.33. The molecule has 0 spiro atoms. The van der Waals surface area contributed by atoms with E-state index in [1.54, 1.807) is 23.4 Å². The number of benzene rings is 1. The highest BCUT2D eigenvalue weighted by Crippen LogP contribution is 2.23. The highest BCUT2D eigenvalue weighted by Gasteiger charge is 2.31. The van der Waals surface area contributed by atoms with E-state index >= 15 is 0 Å². The number of rotatable bonds is 4. The normalized spacial score (nSPS) is 16.7. The summed E-state index contributed by atoms with van der Waals surface area (Å²) in [5, 5.41) is 12.4. The maximum atomic E-state index is 14.0. The van der Waals surface area contributed by atoms with Gasteiger partial charge in [-0.15, -0.1) is 10.2 Å². The minimum atomic E-state index is -0.732. The van der Waals surface area contributed by atoms with Crippen LogP contribution in [0.1, 0.15) is 23.2 Å². The molecular formula is C18H16F2N6O. The summed E-state index contributed by atoms with van der Waals surface area (Å²) in [5.41, 5.74) is 0.481. The van der Waals surface area contributed by atoms with Gasteiger partial charge in [-0.25, -0.2) is 8.78 Å². The predicted octanol–water partition coefficient (Wildman–Crippen LogP) is 2.32. The summed E-state index contributed by atoms with van der Waals surface area (Å²) in [4.78, 5) is 19.7. The summed E-state index contributed by atoms with van der Waals surface area (Å²) in [6, 6.07) is 6.28. The largest absolute Gasteiger partial charge is 0.334 e. The van der Waals surface area contributed by atoms with Crippen LogP contribution < -0.4 is 0 Å². The molecule has 3 heterocycles. The van der Waals surface area contributed by atoms with Crippen LogP contribution in [0.15, 0.2) is 42.7 Å². The molecular weight excluding hydrogens is 354 g/mol. The van der Waals surface area contributed by atoms with Gasteiger partial charge >= 0.3 is 0 Å². The maximum absolute atomic E-state index is 14.0. The third-order valence-corrected chi connectivity index (χ3v) is 4.54. The van der Waals surface area contributed by atoms with Gasteiger partial charge in [0.25, 0.3) is 5.91 Å². The van der Waals surface area contributed by atoms with Crippen LogP contribution in [0.4, 0.5) is 8.78 Å². The van der Waals surface area contributed by atoms with Crippen molar-refractivity contribution in [2.24, 2.45) is 0 Å². The molecule has 0 radical (unpaired) electrons. The lowest BCUT2D eigenvalue weighted by molar-refractivity contribution is 0.0712. The van der Waals surface area contributed by atoms with Crippen LogP contribution in [0.5, 0.6) is 0 Å². The van der Waals surface area contributed by atoms with Crippen LogP contribution in [-0.4, -0.2) is 48.6 Å². The highest BCUT2D eigenvalue weighted by atomic mass is 19.1. The van der Waals surface area contributed by atoms with Gasteiger partial charge in [0.15, 0.2) is 0 Å². The van der Waals surface area contributed by atoms with Crippen LogP contribution in [0.3, 0.4) is 0 Å². The average Bonchev–Trinajstić information content (AvgIpc) is 3.34. The average molecular weight is 370 g/mol. The molecule has 0 aliphatic carbocycles. The van der Waals surface area contributed by atoms with Crippen molar-refractivity contribution in [2.45, 2.75) is 25.4 Å². The van der Waals surface area contributed by atoms with Crippen molar-refractivity contribution in [3.8, 4) is 11.4 Å². The Bertz CT molecular complexity index is 961. The van der Waals surface area contributed by atoms with E-state index in [1.807, 2.05) is 6.07 Å². The Morgan fingerprint density at radius 3 is 2.96 bits per heavy atom. The van der Waals surface area contributed by atoms with E-state index < -0.39 is 17.5 Å². The lowest BCUT2D eigenvalue weighted by Gasteiger charge is -2.24. The topological polar surface area (TPSA) is 76.8 Å². The van der Waals surface area contributed by atoms with E-state index in [-0.39, 0.29) is 11.6 Å². The number of carbonyl (C=O) groups is 1. The van der Waals surface area contributed by atoms with Crippen molar-refractivity contribution in [2.75, 3.05) is 6.54 Å². The molecule has 2 aromatic heterocycles. The number of amides is 1. The fourth-order valence-corrected chi connectivity index (χ4v) is 3.23. The third-order valence-electron chi connectivity index (χ3n) is 4.54. The minimum Gasteiger partial charge on any atom is -0.334 e. The molecule has 1 aromatic carbocycles. The molecule has 0 N–H and O–H groups in total. The second-order valence-electron chi connectivity index (χ2n) is 6.33. The standard InChI is InChI=1S/C18H16F2N6O/c19-13-5-6-16(20)15(9-13)18(27)25-8-2-4-14(25)11-26-23-17(22-24-26)12-3-1-7-21-10-12/h1,3,5-7,9-10,14H,2,4,8,11H2/t14-/m1/s1. The van der Waals surface area contributed by atoms with Gasteiger partial charge in [0.1, 0.15) is 11.6 Å². The number of nitrogens with zero attached hydrogens (tertiary/aromatic N) is 6. The zero-order chi connectivity index (χ0) is 18.8. The van der Waals surface area contributed by atoms with E-state index in [2.05, 4.69) is 20.4 Å². The molecule has 3 aromatic rings. The number of halogens is 2. The van der Waals surface area contributed by atoms with Crippen molar-refractivity contribution in [3.05, 3.63) is 59.9 Å². The molecule has 7 nitrogen and oxygen atoms in total. The quantitative estimate of drug-likeness (QED) is 0.704. The Balaban J connectivity index is 1.51. The molecule has 0 saturated carbocycles. The van der Waals surface area contributed by atoms with Crippen LogP contribution in [0.25, 0.3) is 11.4 Å². The number of aromatic nitrogens is 5. The molecule has 1 atom stereocenters.